The third-order valence-corrected chi connectivity index (χ3v) is 6.15. The Bertz CT molecular complexity index is 1220. The molecule has 3 aromatic rings. The molecule has 0 unspecified atom stereocenters. The zero-order valence-electron chi connectivity index (χ0n) is 20.0. The minimum atomic E-state index is -0.245. The number of fused-ring (bicyclic) bond motifs is 3. The van der Waals surface area contributed by atoms with Gasteiger partial charge in [-0.1, -0.05) is 0 Å². The maximum atomic E-state index is 12.9. The number of allylic oxidation sites excluding steroid dienone is 1. The largest absolute Gasteiger partial charge is 0.497 e. The topological polar surface area (TPSA) is 69.9 Å². The highest BCUT2D eigenvalue weighted by molar-refractivity contribution is 6.05. The summed E-state index contributed by atoms with van der Waals surface area (Å²) in [7, 11) is 3.15. The molecule has 0 spiro atoms. The van der Waals surface area contributed by atoms with Crippen LogP contribution in [0.3, 0.4) is 0 Å². The summed E-state index contributed by atoms with van der Waals surface area (Å²) in [5, 5.41) is 4.04. The molecule has 6 nitrogen and oxygen atoms in total. The highest BCUT2D eigenvalue weighted by atomic mass is 16.5. The quantitative estimate of drug-likeness (QED) is 0.443. The number of anilines is 1. The maximum absolute atomic E-state index is 12.9. The molecule has 6 heteroatoms. The molecule has 1 amide bonds. The Balaban J connectivity index is 1.71. The summed E-state index contributed by atoms with van der Waals surface area (Å²) >= 11 is 0. The number of ether oxygens (including phenoxy) is 3. The van der Waals surface area contributed by atoms with E-state index in [-0.39, 0.29) is 5.91 Å². The Labute approximate surface area is 194 Å². The van der Waals surface area contributed by atoms with Gasteiger partial charge < -0.3 is 23.9 Å². The summed E-state index contributed by atoms with van der Waals surface area (Å²) < 4.78 is 22.9. The number of hydrogen-bond donors (Lipinski definition) is 1. The lowest BCUT2D eigenvalue weighted by atomic mass is 9.93. The van der Waals surface area contributed by atoms with Crippen LogP contribution in [0.2, 0.25) is 0 Å². The van der Waals surface area contributed by atoms with E-state index >= 15 is 0 Å². The summed E-state index contributed by atoms with van der Waals surface area (Å²) in [6, 6.07) is 7.40. The summed E-state index contributed by atoms with van der Waals surface area (Å²) in [5.74, 6) is 2.80. The van der Waals surface area contributed by atoms with E-state index in [1.54, 1.807) is 38.5 Å². The van der Waals surface area contributed by atoms with E-state index in [0.717, 1.165) is 58.4 Å². The number of furan rings is 1. The van der Waals surface area contributed by atoms with Crippen molar-refractivity contribution in [1.29, 1.82) is 0 Å². The third kappa shape index (κ3) is 4.42. The number of methoxy groups -OCH3 is 2. The van der Waals surface area contributed by atoms with Gasteiger partial charge in [0, 0.05) is 40.6 Å². The number of rotatable bonds is 7. The summed E-state index contributed by atoms with van der Waals surface area (Å²) in [6.07, 6.45) is 5.92. The van der Waals surface area contributed by atoms with Gasteiger partial charge in [0.1, 0.15) is 28.6 Å². The average Bonchev–Trinajstić information content (AvgIpc) is 3.20. The average molecular weight is 450 g/mol. The van der Waals surface area contributed by atoms with Crippen molar-refractivity contribution >= 4 is 28.1 Å². The van der Waals surface area contributed by atoms with E-state index < -0.39 is 0 Å². The molecule has 1 aliphatic carbocycles. The number of carbonyl (C=O) groups excluding carboxylic acids is 1. The lowest BCUT2D eigenvalue weighted by Gasteiger charge is -2.15. The maximum Gasteiger partial charge on any atom is 0.248 e. The number of amides is 1. The van der Waals surface area contributed by atoms with E-state index in [0.29, 0.717) is 23.8 Å². The highest BCUT2D eigenvalue weighted by Gasteiger charge is 2.23. The number of aryl methyl sites for hydroxylation is 3. The zero-order chi connectivity index (χ0) is 23.5. The number of hydrogen-bond acceptors (Lipinski definition) is 5. The van der Waals surface area contributed by atoms with Crippen molar-refractivity contribution < 1.29 is 23.4 Å². The van der Waals surface area contributed by atoms with Crippen LogP contribution in [0.25, 0.3) is 16.5 Å². The number of carbonyl (C=O) groups is 1. The summed E-state index contributed by atoms with van der Waals surface area (Å²) in [4.78, 5) is 12.9. The van der Waals surface area contributed by atoms with Crippen LogP contribution >= 0.6 is 0 Å². The van der Waals surface area contributed by atoms with Crippen LogP contribution in [-0.2, 0) is 17.6 Å². The Morgan fingerprint density at radius 3 is 2.67 bits per heavy atom. The van der Waals surface area contributed by atoms with Crippen LogP contribution in [0.15, 0.2) is 34.8 Å². The van der Waals surface area contributed by atoms with Gasteiger partial charge in [-0.25, -0.2) is 0 Å². The van der Waals surface area contributed by atoms with Crippen molar-refractivity contribution in [2.24, 2.45) is 0 Å². The van der Waals surface area contributed by atoms with Crippen molar-refractivity contribution in [3.05, 3.63) is 52.8 Å². The van der Waals surface area contributed by atoms with Gasteiger partial charge in [0.15, 0.2) is 0 Å². The molecule has 0 radical (unpaired) electrons. The van der Waals surface area contributed by atoms with Gasteiger partial charge in [0.2, 0.25) is 5.91 Å². The van der Waals surface area contributed by atoms with Gasteiger partial charge in [-0.15, -0.1) is 0 Å². The molecule has 1 heterocycles. The first-order chi connectivity index (χ1) is 16.0. The second-order valence-electron chi connectivity index (χ2n) is 8.28. The Morgan fingerprint density at radius 2 is 1.94 bits per heavy atom. The zero-order valence-corrected chi connectivity index (χ0v) is 20.0. The molecule has 1 aromatic heterocycles. The van der Waals surface area contributed by atoms with Crippen molar-refractivity contribution in [3.8, 4) is 17.2 Å². The fourth-order valence-electron chi connectivity index (χ4n) is 4.50. The first kappa shape index (κ1) is 22.8. The minimum absolute atomic E-state index is 0.245. The molecule has 0 saturated heterocycles. The summed E-state index contributed by atoms with van der Waals surface area (Å²) in [6.45, 7) is 6.45. The van der Waals surface area contributed by atoms with E-state index in [4.69, 9.17) is 18.6 Å². The Morgan fingerprint density at radius 1 is 1.15 bits per heavy atom. The molecule has 2 aromatic carbocycles. The number of nitrogens with one attached hydrogen (secondary N) is 1. The minimum Gasteiger partial charge on any atom is -0.497 e. The molecule has 0 fully saturated rings. The second kappa shape index (κ2) is 9.61. The third-order valence-electron chi connectivity index (χ3n) is 6.15. The molecule has 0 aliphatic heterocycles. The molecular weight excluding hydrogens is 418 g/mol. The van der Waals surface area contributed by atoms with Gasteiger partial charge in [-0.05, 0) is 63.8 Å². The summed E-state index contributed by atoms with van der Waals surface area (Å²) in [5.41, 5.74) is 5.47. The number of benzene rings is 2. The molecule has 0 atom stereocenters. The molecule has 1 aliphatic rings. The molecule has 174 valence electrons. The molecule has 0 bridgehead atoms. The van der Waals surface area contributed by atoms with E-state index in [1.807, 2.05) is 20.8 Å². The van der Waals surface area contributed by atoms with Crippen molar-refractivity contribution in [1.82, 2.24) is 0 Å². The van der Waals surface area contributed by atoms with Crippen LogP contribution in [0.5, 0.6) is 17.2 Å². The molecule has 0 saturated carbocycles. The van der Waals surface area contributed by atoms with Gasteiger partial charge in [-0.2, -0.15) is 0 Å². The molecule has 33 heavy (non-hydrogen) atoms. The van der Waals surface area contributed by atoms with Gasteiger partial charge in [0.25, 0.3) is 0 Å². The Hall–Kier alpha value is -3.41. The van der Waals surface area contributed by atoms with E-state index in [9.17, 15) is 4.79 Å². The van der Waals surface area contributed by atoms with Crippen LogP contribution in [-0.4, -0.2) is 26.7 Å². The lowest BCUT2D eigenvalue weighted by Crippen LogP contribution is -2.10. The van der Waals surface area contributed by atoms with Crippen LogP contribution < -0.4 is 19.5 Å². The first-order valence-corrected chi connectivity index (χ1v) is 11.4. The highest BCUT2D eigenvalue weighted by Crippen LogP contribution is 2.41. The van der Waals surface area contributed by atoms with Crippen molar-refractivity contribution in [2.45, 2.75) is 46.5 Å². The van der Waals surface area contributed by atoms with Crippen LogP contribution in [0.1, 0.15) is 49.1 Å². The Kier molecular flexibility index (Phi) is 6.63. The SMILES string of the molecule is CCOc1c(/C(C)=C/C(=O)Nc2ccc(OC)cc2OC)cc2c3c(oc2c1C)CCCC3. The normalized spacial score (nSPS) is 13.5. The fraction of sp³-hybridized carbons (Fsp3) is 0.370. The van der Waals surface area contributed by atoms with E-state index in [2.05, 4.69) is 11.4 Å². The van der Waals surface area contributed by atoms with Gasteiger partial charge >= 0.3 is 0 Å². The predicted octanol–water partition coefficient (Wildman–Crippen LogP) is 6.08. The lowest BCUT2D eigenvalue weighted by molar-refractivity contribution is -0.111. The molecule has 1 N–H and O–H groups in total. The van der Waals surface area contributed by atoms with Crippen LogP contribution in [0, 0.1) is 6.92 Å². The monoisotopic (exact) mass is 449 g/mol. The van der Waals surface area contributed by atoms with Gasteiger partial charge in [0.05, 0.1) is 26.5 Å². The smallest absolute Gasteiger partial charge is 0.248 e. The first-order valence-electron chi connectivity index (χ1n) is 11.4. The fourth-order valence-corrected chi connectivity index (χ4v) is 4.50. The molecular formula is C27H31NO5. The van der Waals surface area contributed by atoms with Gasteiger partial charge in [-0.3, -0.25) is 4.79 Å². The second-order valence-corrected chi connectivity index (χ2v) is 8.28. The molecule has 4 rings (SSSR count). The van der Waals surface area contributed by atoms with Crippen LogP contribution in [0.4, 0.5) is 5.69 Å². The predicted molar refractivity (Wildman–Crippen MR) is 131 cm³/mol. The standard InChI is InChI=1S/C27H31NO5/c1-6-32-26-17(3)27-21(19-9-7-8-10-23(19)33-27)15-20(26)16(2)13-25(29)28-22-12-11-18(30-4)14-24(22)31-5/h11-15H,6-10H2,1-5H3,(H,28,29)/b16-13+. The van der Waals surface area contributed by atoms with Crippen molar-refractivity contribution in [2.75, 3.05) is 26.1 Å². The van der Waals surface area contributed by atoms with E-state index in [1.165, 1.54) is 12.0 Å². The van der Waals surface area contributed by atoms with Crippen molar-refractivity contribution in [3.63, 3.8) is 0 Å².